The van der Waals surface area contributed by atoms with E-state index in [2.05, 4.69) is 29.2 Å². The van der Waals surface area contributed by atoms with Crippen molar-refractivity contribution >= 4 is 5.91 Å². The lowest BCUT2D eigenvalue weighted by Gasteiger charge is -2.21. The number of rotatable bonds is 5. The summed E-state index contributed by atoms with van der Waals surface area (Å²) in [5.74, 6) is 1.54. The molecule has 5 nitrogen and oxygen atoms in total. The Morgan fingerprint density at radius 3 is 2.78 bits per heavy atom. The highest BCUT2D eigenvalue weighted by atomic mass is 16.5. The average molecular weight is 361 g/mol. The van der Waals surface area contributed by atoms with Crippen LogP contribution in [-0.4, -0.2) is 34.0 Å². The van der Waals surface area contributed by atoms with Gasteiger partial charge in [0, 0.05) is 25.1 Å². The first kappa shape index (κ1) is 17.5. The van der Waals surface area contributed by atoms with Crippen molar-refractivity contribution in [2.75, 3.05) is 13.1 Å². The molecular weight excluding hydrogens is 338 g/mol. The quantitative estimate of drug-likeness (QED) is 0.684. The number of nitrogens with zero attached hydrogens (tertiary/aromatic N) is 3. The first-order valence-corrected chi connectivity index (χ1v) is 9.33. The second kappa shape index (κ2) is 7.35. The van der Waals surface area contributed by atoms with Gasteiger partial charge in [-0.1, -0.05) is 66.2 Å². The number of amides is 1. The largest absolute Gasteiger partial charge is 0.341 e. The molecule has 0 aliphatic carbocycles. The Morgan fingerprint density at radius 1 is 1.19 bits per heavy atom. The molecule has 2 atom stereocenters. The third kappa shape index (κ3) is 3.77. The Balaban J connectivity index is 1.45. The molecule has 1 aliphatic rings. The fraction of sp³-hybridized carbons (Fsp3) is 0.318. The molecule has 27 heavy (non-hydrogen) atoms. The van der Waals surface area contributed by atoms with E-state index in [4.69, 9.17) is 4.52 Å². The molecule has 1 saturated heterocycles. The number of hydrogen-bond acceptors (Lipinski definition) is 4. The fourth-order valence-corrected chi connectivity index (χ4v) is 3.63. The zero-order chi connectivity index (χ0) is 18.8. The summed E-state index contributed by atoms with van der Waals surface area (Å²) in [5, 5.41) is 4.11. The van der Waals surface area contributed by atoms with Gasteiger partial charge in [-0.3, -0.25) is 4.79 Å². The zero-order valence-electron chi connectivity index (χ0n) is 15.6. The number of aryl methyl sites for hydroxylation is 1. The van der Waals surface area contributed by atoms with Crippen LogP contribution in [0.5, 0.6) is 0 Å². The predicted octanol–water partition coefficient (Wildman–Crippen LogP) is 4.16. The maximum Gasteiger partial charge on any atom is 0.232 e. The number of hydrogen-bond donors (Lipinski definition) is 0. The SMILES string of the molecule is Cc1cccc(-c2noc(C3CC(=O)N(CC(C)c4ccccc4)C3)n2)c1. The minimum absolute atomic E-state index is 0.0356. The number of likely N-dealkylation sites (tertiary alicyclic amines) is 1. The minimum atomic E-state index is -0.0356. The molecule has 2 unspecified atom stereocenters. The molecule has 0 bridgehead atoms. The van der Waals surface area contributed by atoms with Gasteiger partial charge in [0.15, 0.2) is 0 Å². The standard InChI is InChI=1S/C22H23N3O2/c1-15-7-6-10-18(11-15)21-23-22(27-24-21)19-12-20(26)25(14-19)13-16(2)17-8-4-3-5-9-17/h3-11,16,19H,12-14H2,1-2H3. The molecule has 3 aromatic rings. The zero-order valence-corrected chi connectivity index (χ0v) is 15.6. The highest BCUT2D eigenvalue weighted by Gasteiger charge is 2.35. The second-order valence-electron chi connectivity index (χ2n) is 7.34. The third-order valence-electron chi connectivity index (χ3n) is 5.14. The lowest BCUT2D eigenvalue weighted by Crippen LogP contribution is -2.29. The van der Waals surface area contributed by atoms with Crippen LogP contribution in [0, 0.1) is 6.92 Å². The van der Waals surface area contributed by atoms with Gasteiger partial charge < -0.3 is 9.42 Å². The maximum atomic E-state index is 12.5. The Labute approximate surface area is 159 Å². The Morgan fingerprint density at radius 2 is 2.00 bits per heavy atom. The van der Waals surface area contributed by atoms with E-state index >= 15 is 0 Å². The van der Waals surface area contributed by atoms with Gasteiger partial charge in [-0.2, -0.15) is 4.98 Å². The van der Waals surface area contributed by atoms with Crippen molar-refractivity contribution in [3.8, 4) is 11.4 Å². The molecule has 1 aliphatic heterocycles. The van der Waals surface area contributed by atoms with E-state index < -0.39 is 0 Å². The lowest BCUT2D eigenvalue weighted by molar-refractivity contribution is -0.127. The third-order valence-corrected chi connectivity index (χ3v) is 5.14. The molecule has 0 spiro atoms. The van der Waals surface area contributed by atoms with Gasteiger partial charge >= 0.3 is 0 Å². The van der Waals surface area contributed by atoms with E-state index in [0.717, 1.165) is 11.1 Å². The van der Waals surface area contributed by atoms with E-state index in [9.17, 15) is 4.79 Å². The molecular formula is C22H23N3O2. The van der Waals surface area contributed by atoms with Crippen molar-refractivity contribution < 1.29 is 9.32 Å². The van der Waals surface area contributed by atoms with Crippen molar-refractivity contribution in [2.24, 2.45) is 0 Å². The van der Waals surface area contributed by atoms with Crippen LogP contribution in [-0.2, 0) is 4.79 Å². The van der Waals surface area contributed by atoms with Crippen molar-refractivity contribution in [1.82, 2.24) is 15.0 Å². The Hall–Kier alpha value is -2.95. The number of aromatic nitrogens is 2. The van der Waals surface area contributed by atoms with E-state index in [-0.39, 0.29) is 11.8 Å². The van der Waals surface area contributed by atoms with E-state index in [1.165, 1.54) is 5.56 Å². The van der Waals surface area contributed by atoms with Crippen LogP contribution in [0.25, 0.3) is 11.4 Å². The molecule has 1 amide bonds. The van der Waals surface area contributed by atoms with Crippen molar-refractivity contribution in [2.45, 2.75) is 32.1 Å². The van der Waals surface area contributed by atoms with E-state index in [0.29, 0.717) is 37.1 Å². The Bertz CT molecular complexity index is 935. The van der Waals surface area contributed by atoms with Gasteiger partial charge in [0.2, 0.25) is 17.6 Å². The highest BCUT2D eigenvalue weighted by molar-refractivity contribution is 5.79. The van der Waals surface area contributed by atoms with Crippen molar-refractivity contribution in [1.29, 1.82) is 0 Å². The summed E-state index contributed by atoms with van der Waals surface area (Å²) in [5.41, 5.74) is 3.33. The second-order valence-corrected chi connectivity index (χ2v) is 7.34. The van der Waals surface area contributed by atoms with Crippen LogP contribution < -0.4 is 0 Å². The maximum absolute atomic E-state index is 12.5. The van der Waals surface area contributed by atoms with Gasteiger partial charge in [-0.05, 0) is 24.5 Å². The Kier molecular flexibility index (Phi) is 4.75. The van der Waals surface area contributed by atoms with Crippen molar-refractivity contribution in [3.05, 3.63) is 71.6 Å². The first-order chi connectivity index (χ1) is 13.1. The smallest absolute Gasteiger partial charge is 0.232 e. The molecule has 2 aromatic carbocycles. The monoisotopic (exact) mass is 361 g/mol. The summed E-state index contributed by atoms with van der Waals surface area (Å²) < 4.78 is 5.49. The molecule has 1 aromatic heterocycles. The molecule has 4 rings (SSSR count). The summed E-state index contributed by atoms with van der Waals surface area (Å²) in [6.07, 6.45) is 0.428. The normalized spacial score (nSPS) is 18.1. The molecule has 0 N–H and O–H groups in total. The van der Waals surface area contributed by atoms with Crippen LogP contribution in [0.4, 0.5) is 0 Å². The molecule has 5 heteroatoms. The molecule has 2 heterocycles. The average Bonchev–Trinajstić information content (AvgIpc) is 3.30. The van der Waals surface area contributed by atoms with Crippen LogP contribution in [0.3, 0.4) is 0 Å². The van der Waals surface area contributed by atoms with Gasteiger partial charge in [0.1, 0.15) is 0 Å². The summed E-state index contributed by atoms with van der Waals surface area (Å²) in [6, 6.07) is 18.3. The molecule has 138 valence electrons. The summed E-state index contributed by atoms with van der Waals surface area (Å²) in [4.78, 5) is 19.0. The van der Waals surface area contributed by atoms with E-state index in [1.807, 2.05) is 54.3 Å². The lowest BCUT2D eigenvalue weighted by atomic mass is 10.0. The fourth-order valence-electron chi connectivity index (χ4n) is 3.63. The number of carbonyl (C=O) groups excluding carboxylic acids is 1. The first-order valence-electron chi connectivity index (χ1n) is 9.33. The molecule has 0 radical (unpaired) electrons. The topological polar surface area (TPSA) is 59.2 Å². The minimum Gasteiger partial charge on any atom is -0.341 e. The van der Waals surface area contributed by atoms with Gasteiger partial charge in [-0.25, -0.2) is 0 Å². The van der Waals surface area contributed by atoms with E-state index in [1.54, 1.807) is 0 Å². The highest BCUT2D eigenvalue weighted by Crippen LogP contribution is 2.30. The number of benzene rings is 2. The van der Waals surface area contributed by atoms with Crippen LogP contribution in [0.1, 0.15) is 42.2 Å². The number of carbonyl (C=O) groups is 1. The van der Waals surface area contributed by atoms with Crippen LogP contribution in [0.2, 0.25) is 0 Å². The predicted molar refractivity (Wildman–Crippen MR) is 103 cm³/mol. The van der Waals surface area contributed by atoms with Gasteiger partial charge in [0.25, 0.3) is 0 Å². The van der Waals surface area contributed by atoms with Crippen LogP contribution >= 0.6 is 0 Å². The molecule has 0 saturated carbocycles. The van der Waals surface area contributed by atoms with Crippen molar-refractivity contribution in [3.63, 3.8) is 0 Å². The summed E-state index contributed by atoms with van der Waals surface area (Å²) in [6.45, 7) is 5.52. The van der Waals surface area contributed by atoms with Gasteiger partial charge in [0.05, 0.1) is 5.92 Å². The van der Waals surface area contributed by atoms with Crippen LogP contribution in [0.15, 0.2) is 59.1 Å². The molecule has 1 fully saturated rings. The summed E-state index contributed by atoms with van der Waals surface area (Å²) in [7, 11) is 0. The van der Waals surface area contributed by atoms with Gasteiger partial charge in [-0.15, -0.1) is 0 Å². The summed E-state index contributed by atoms with van der Waals surface area (Å²) >= 11 is 0.